The lowest BCUT2D eigenvalue weighted by molar-refractivity contribution is -0.118. The lowest BCUT2D eigenvalue weighted by Crippen LogP contribution is -2.28. The van der Waals surface area contributed by atoms with Crippen molar-refractivity contribution in [2.24, 2.45) is 0 Å². The van der Waals surface area contributed by atoms with Gasteiger partial charge in [-0.25, -0.2) is 14.4 Å². The third-order valence-corrected chi connectivity index (χ3v) is 6.93. The third-order valence-electron chi connectivity index (χ3n) is 6.93. The zero-order chi connectivity index (χ0) is 27.0. The van der Waals surface area contributed by atoms with Gasteiger partial charge in [0.2, 0.25) is 5.91 Å². The van der Waals surface area contributed by atoms with E-state index in [9.17, 15) is 14.3 Å². The molecule has 3 heterocycles. The number of nitrogens with zero attached hydrogens (tertiary/aromatic N) is 5. The van der Waals surface area contributed by atoms with Gasteiger partial charge in [0.25, 0.3) is 0 Å². The molecule has 39 heavy (non-hydrogen) atoms. The van der Waals surface area contributed by atoms with Crippen LogP contribution < -0.4 is 11.1 Å². The highest BCUT2D eigenvalue weighted by Gasteiger charge is 2.51. The van der Waals surface area contributed by atoms with Crippen molar-refractivity contribution in [3.8, 4) is 22.9 Å². The van der Waals surface area contributed by atoms with Crippen molar-refractivity contribution in [2.75, 3.05) is 11.1 Å². The van der Waals surface area contributed by atoms with Gasteiger partial charge < -0.3 is 20.7 Å². The highest BCUT2D eigenvalue weighted by molar-refractivity contribution is 6.02. The Morgan fingerprint density at radius 1 is 1.13 bits per heavy atom. The number of halogens is 1. The van der Waals surface area contributed by atoms with Gasteiger partial charge in [0.1, 0.15) is 29.2 Å². The third kappa shape index (κ3) is 4.64. The molecule has 0 spiro atoms. The van der Waals surface area contributed by atoms with E-state index >= 15 is 0 Å². The Morgan fingerprint density at radius 2 is 1.92 bits per heavy atom. The van der Waals surface area contributed by atoms with Crippen molar-refractivity contribution in [1.29, 1.82) is 0 Å². The highest BCUT2D eigenvalue weighted by Crippen LogP contribution is 2.49. The maximum Gasteiger partial charge on any atom is 0.235 e. The van der Waals surface area contributed by atoms with E-state index in [0.29, 0.717) is 41.2 Å². The largest absolute Gasteiger partial charge is 0.392 e. The number of anilines is 2. The van der Waals surface area contributed by atoms with E-state index in [1.807, 2.05) is 24.3 Å². The summed E-state index contributed by atoms with van der Waals surface area (Å²) < 4.78 is 20.9. The van der Waals surface area contributed by atoms with Crippen molar-refractivity contribution in [3.63, 3.8) is 0 Å². The fraction of sp³-hybridized carbons (Fsp3) is 0.179. The average Bonchev–Trinajstić information content (AvgIpc) is 3.38. The van der Waals surface area contributed by atoms with Crippen LogP contribution in [0.15, 0.2) is 77.6 Å². The van der Waals surface area contributed by atoms with Gasteiger partial charge in [-0.3, -0.25) is 9.48 Å². The number of nitrogens with two attached hydrogens (primary N) is 1. The minimum absolute atomic E-state index is 0.0544. The van der Waals surface area contributed by atoms with Crippen molar-refractivity contribution in [3.05, 3.63) is 95.6 Å². The molecule has 196 valence electrons. The van der Waals surface area contributed by atoms with Crippen molar-refractivity contribution in [1.82, 2.24) is 24.9 Å². The topological polar surface area (TPSA) is 145 Å². The second kappa shape index (κ2) is 9.76. The Morgan fingerprint density at radius 3 is 2.59 bits per heavy atom. The summed E-state index contributed by atoms with van der Waals surface area (Å²) in [5.74, 6) is -0.210. The molecule has 0 saturated heterocycles. The predicted octanol–water partition coefficient (Wildman–Crippen LogP) is 3.93. The Kier molecular flexibility index (Phi) is 6.12. The summed E-state index contributed by atoms with van der Waals surface area (Å²) in [6.07, 6.45) is 4.31. The van der Waals surface area contributed by atoms with Gasteiger partial charge in [0, 0.05) is 11.6 Å². The van der Waals surface area contributed by atoms with Crippen LogP contribution in [0.2, 0.25) is 0 Å². The molecule has 0 aliphatic heterocycles. The molecule has 0 atom stereocenters. The van der Waals surface area contributed by atoms with Gasteiger partial charge in [-0.05, 0) is 36.1 Å². The standard InChI is InChI=1S/C28H24FN7O3/c29-20-4-2-1-3-18(20)15-36-24(21-9-12-39-35-21)13-22(34-36)26-31-14-23(25(30)33-26)32-27(38)28(10-11-28)19-7-5-17(16-37)6-8-19/h1-9,12-14,37H,10-11,15-16H2,(H,32,38)(H2,30,31,33). The quantitative estimate of drug-likeness (QED) is 0.276. The monoisotopic (exact) mass is 525 g/mol. The number of hydrogen-bond acceptors (Lipinski definition) is 8. The molecule has 0 radical (unpaired) electrons. The SMILES string of the molecule is Nc1nc(-c2cc(-c3ccon3)n(Cc3ccccc3F)n2)ncc1NC(=O)C1(c2ccc(CO)cc2)CC1. The van der Waals surface area contributed by atoms with E-state index in [1.165, 1.54) is 18.5 Å². The Balaban J connectivity index is 1.26. The number of nitrogen functional groups attached to an aromatic ring is 1. The smallest absolute Gasteiger partial charge is 0.235 e. The molecule has 1 fully saturated rings. The van der Waals surface area contributed by atoms with Gasteiger partial charge in [-0.15, -0.1) is 0 Å². The van der Waals surface area contributed by atoms with Crippen molar-refractivity contribution >= 4 is 17.4 Å². The van der Waals surface area contributed by atoms with Crippen LogP contribution in [-0.2, 0) is 23.4 Å². The van der Waals surface area contributed by atoms with E-state index in [1.54, 1.807) is 35.0 Å². The summed E-state index contributed by atoms with van der Waals surface area (Å²) in [6, 6.07) is 17.2. The van der Waals surface area contributed by atoms with E-state index < -0.39 is 5.41 Å². The summed E-state index contributed by atoms with van der Waals surface area (Å²) in [7, 11) is 0. The lowest BCUT2D eigenvalue weighted by atomic mass is 9.94. The van der Waals surface area contributed by atoms with Crippen LogP contribution >= 0.6 is 0 Å². The maximum atomic E-state index is 14.4. The van der Waals surface area contributed by atoms with Crippen LogP contribution in [0.3, 0.4) is 0 Å². The molecule has 0 unspecified atom stereocenters. The molecule has 6 rings (SSSR count). The summed E-state index contributed by atoms with van der Waals surface area (Å²) >= 11 is 0. The molecule has 3 aromatic heterocycles. The molecule has 5 aromatic rings. The zero-order valence-electron chi connectivity index (χ0n) is 20.7. The van der Waals surface area contributed by atoms with Gasteiger partial charge in [-0.1, -0.05) is 47.6 Å². The van der Waals surface area contributed by atoms with Crippen LogP contribution in [0.1, 0.15) is 29.5 Å². The molecule has 10 nitrogen and oxygen atoms in total. The first-order valence-electron chi connectivity index (χ1n) is 12.3. The number of benzene rings is 2. The Hall–Kier alpha value is -4.90. The van der Waals surface area contributed by atoms with Gasteiger partial charge >= 0.3 is 0 Å². The fourth-order valence-corrected chi connectivity index (χ4v) is 4.54. The van der Waals surface area contributed by atoms with Crippen LogP contribution in [0, 0.1) is 5.82 Å². The number of rotatable bonds is 8. The van der Waals surface area contributed by atoms with Crippen LogP contribution in [0.4, 0.5) is 15.9 Å². The zero-order valence-corrected chi connectivity index (χ0v) is 20.7. The first-order chi connectivity index (χ1) is 19.0. The van der Waals surface area contributed by atoms with E-state index in [4.69, 9.17) is 10.3 Å². The number of aliphatic hydroxyl groups is 1. The number of carbonyl (C=O) groups is 1. The number of aliphatic hydroxyl groups excluding tert-OH is 1. The summed E-state index contributed by atoms with van der Waals surface area (Å²) in [6.45, 7) is 0.0982. The van der Waals surface area contributed by atoms with Gasteiger partial charge in [0.05, 0.1) is 30.5 Å². The molecule has 4 N–H and O–H groups in total. The molecule has 0 bridgehead atoms. The number of nitrogens with one attached hydrogen (secondary N) is 1. The second-order valence-electron chi connectivity index (χ2n) is 9.43. The average molecular weight is 526 g/mol. The van der Waals surface area contributed by atoms with Crippen molar-refractivity contribution in [2.45, 2.75) is 31.4 Å². The number of carbonyl (C=O) groups excluding carboxylic acids is 1. The Bertz CT molecular complexity index is 1640. The van der Waals surface area contributed by atoms with Gasteiger partial charge in [-0.2, -0.15) is 5.10 Å². The molecule has 1 aliphatic carbocycles. The molecule has 11 heteroatoms. The molecule has 1 aliphatic rings. The second-order valence-corrected chi connectivity index (χ2v) is 9.43. The van der Waals surface area contributed by atoms with Crippen LogP contribution in [-0.4, -0.2) is 35.9 Å². The molecular formula is C28H24FN7O3. The number of hydrogen-bond donors (Lipinski definition) is 3. The maximum absolute atomic E-state index is 14.4. The Labute approximate surface area is 222 Å². The molecule has 1 saturated carbocycles. The first kappa shape index (κ1) is 24.4. The van der Waals surface area contributed by atoms with E-state index in [-0.39, 0.29) is 36.5 Å². The predicted molar refractivity (Wildman–Crippen MR) is 141 cm³/mol. The number of aromatic nitrogens is 5. The fourth-order valence-electron chi connectivity index (χ4n) is 4.54. The van der Waals surface area contributed by atoms with E-state index in [0.717, 1.165) is 11.1 Å². The highest BCUT2D eigenvalue weighted by atomic mass is 19.1. The van der Waals surface area contributed by atoms with Crippen LogP contribution in [0.25, 0.3) is 22.9 Å². The molecule has 2 aromatic carbocycles. The summed E-state index contributed by atoms with van der Waals surface area (Å²) in [5.41, 5.74) is 9.50. The van der Waals surface area contributed by atoms with E-state index in [2.05, 4.69) is 25.5 Å². The van der Waals surface area contributed by atoms with Gasteiger partial charge in [0.15, 0.2) is 11.6 Å². The summed E-state index contributed by atoms with van der Waals surface area (Å²) in [4.78, 5) is 22.0. The molecular weight excluding hydrogens is 501 g/mol. The molecule has 1 amide bonds. The minimum Gasteiger partial charge on any atom is -0.392 e. The number of amides is 1. The normalized spacial score (nSPS) is 13.8. The lowest BCUT2D eigenvalue weighted by Gasteiger charge is -2.17. The minimum atomic E-state index is -0.642. The van der Waals surface area contributed by atoms with Crippen LogP contribution in [0.5, 0.6) is 0 Å². The van der Waals surface area contributed by atoms with Crippen molar-refractivity contribution < 1.29 is 18.8 Å². The first-order valence-corrected chi connectivity index (χ1v) is 12.3. The summed E-state index contributed by atoms with van der Waals surface area (Å²) in [5, 5.41) is 20.7.